The molecular formula is C24H23NO6S2. The highest BCUT2D eigenvalue weighted by Gasteiger charge is 2.26. The second-order valence-corrected chi connectivity index (χ2v) is 9.99. The SMILES string of the molecule is C=c1ccc2c(c1)Oc1cc(N(CC)CC)ccc1C=2c1ccc([SH](=O)=O)cc1S(=O)(=O)O. The van der Waals surface area contributed by atoms with Gasteiger partial charge in [0.05, 0.1) is 4.90 Å². The van der Waals surface area contributed by atoms with Crippen LogP contribution in [0.5, 0.6) is 11.5 Å². The third kappa shape index (κ3) is 4.27. The van der Waals surface area contributed by atoms with Gasteiger partial charge in [0.15, 0.2) is 10.7 Å². The van der Waals surface area contributed by atoms with Crippen LogP contribution >= 0.6 is 0 Å². The summed E-state index contributed by atoms with van der Waals surface area (Å²) in [5.41, 5.74) is 2.26. The Balaban J connectivity index is 2.10. The molecule has 0 aliphatic carbocycles. The van der Waals surface area contributed by atoms with E-state index in [4.69, 9.17) is 4.74 Å². The Morgan fingerprint density at radius 3 is 2.27 bits per heavy atom. The summed E-state index contributed by atoms with van der Waals surface area (Å²) in [6, 6.07) is 14.6. The average Bonchev–Trinajstić information content (AvgIpc) is 2.77. The van der Waals surface area contributed by atoms with Crippen molar-refractivity contribution in [2.45, 2.75) is 23.6 Å². The molecule has 4 rings (SSSR count). The first-order valence-electron chi connectivity index (χ1n) is 10.3. The number of nitrogens with zero attached hydrogens (tertiary/aromatic N) is 1. The number of hydrogen-bond acceptors (Lipinski definition) is 6. The van der Waals surface area contributed by atoms with E-state index in [2.05, 4.69) is 11.5 Å². The van der Waals surface area contributed by atoms with Gasteiger partial charge in [-0.05, 0) is 49.4 Å². The molecule has 0 unspecified atom stereocenters. The molecule has 172 valence electrons. The fourth-order valence-corrected chi connectivity index (χ4v) is 5.29. The molecule has 0 saturated carbocycles. The van der Waals surface area contributed by atoms with Crippen LogP contribution < -0.4 is 20.1 Å². The predicted octanol–water partition coefficient (Wildman–Crippen LogP) is 2.51. The lowest BCUT2D eigenvalue weighted by Crippen LogP contribution is -2.23. The van der Waals surface area contributed by atoms with E-state index in [9.17, 15) is 21.4 Å². The van der Waals surface area contributed by atoms with Gasteiger partial charge in [-0.2, -0.15) is 8.42 Å². The number of anilines is 1. The van der Waals surface area contributed by atoms with Gasteiger partial charge >= 0.3 is 0 Å². The fraction of sp³-hybridized carbons (Fsp3) is 0.167. The van der Waals surface area contributed by atoms with E-state index >= 15 is 0 Å². The molecule has 0 saturated heterocycles. The lowest BCUT2D eigenvalue weighted by Gasteiger charge is -2.26. The highest BCUT2D eigenvalue weighted by Crippen LogP contribution is 2.40. The van der Waals surface area contributed by atoms with Crippen molar-refractivity contribution >= 4 is 38.7 Å². The molecule has 0 radical (unpaired) electrons. The Morgan fingerprint density at radius 1 is 0.939 bits per heavy atom. The maximum Gasteiger partial charge on any atom is 0.295 e. The van der Waals surface area contributed by atoms with Crippen molar-refractivity contribution < 1.29 is 26.1 Å². The van der Waals surface area contributed by atoms with Crippen LogP contribution in [0.25, 0.3) is 12.2 Å². The zero-order valence-electron chi connectivity index (χ0n) is 18.1. The van der Waals surface area contributed by atoms with Gasteiger partial charge in [-0.15, -0.1) is 0 Å². The van der Waals surface area contributed by atoms with Crippen LogP contribution in [0.1, 0.15) is 25.0 Å². The van der Waals surface area contributed by atoms with Crippen molar-refractivity contribution in [1.29, 1.82) is 0 Å². The normalized spacial score (nSPS) is 12.8. The summed E-state index contributed by atoms with van der Waals surface area (Å²) in [6.45, 7) is 9.64. The fourth-order valence-electron chi connectivity index (χ4n) is 4.04. The second-order valence-electron chi connectivity index (χ2n) is 7.57. The summed E-state index contributed by atoms with van der Waals surface area (Å²) in [7, 11) is -7.77. The van der Waals surface area contributed by atoms with E-state index in [0.717, 1.165) is 24.8 Å². The van der Waals surface area contributed by atoms with Crippen molar-refractivity contribution in [2.24, 2.45) is 0 Å². The van der Waals surface area contributed by atoms with E-state index in [1.54, 1.807) is 18.2 Å². The first-order chi connectivity index (χ1) is 15.6. The van der Waals surface area contributed by atoms with Gasteiger partial charge in [-0.3, -0.25) is 4.55 Å². The van der Waals surface area contributed by atoms with Gasteiger partial charge in [-0.25, -0.2) is 8.42 Å². The van der Waals surface area contributed by atoms with Crippen LogP contribution in [0.2, 0.25) is 0 Å². The lowest BCUT2D eigenvalue weighted by molar-refractivity contribution is 0.471. The molecule has 1 N–H and O–H groups in total. The number of rotatable bonds is 6. The van der Waals surface area contributed by atoms with Gasteiger partial charge in [0.2, 0.25) is 0 Å². The van der Waals surface area contributed by atoms with Crippen LogP contribution in [0.3, 0.4) is 0 Å². The number of fused-ring (bicyclic) bond motifs is 2. The van der Waals surface area contributed by atoms with Crippen molar-refractivity contribution in [1.82, 2.24) is 0 Å². The number of hydrogen-bond donors (Lipinski definition) is 2. The second kappa shape index (κ2) is 8.66. The molecule has 1 aliphatic rings. The summed E-state index contributed by atoms with van der Waals surface area (Å²) in [6.07, 6.45) is 0. The topological polar surface area (TPSA) is 101 Å². The van der Waals surface area contributed by atoms with E-state index < -0.39 is 25.7 Å². The number of thiol groups is 1. The van der Waals surface area contributed by atoms with E-state index in [1.807, 2.05) is 32.0 Å². The van der Waals surface area contributed by atoms with Crippen molar-refractivity contribution in [3.05, 3.63) is 76.2 Å². The van der Waals surface area contributed by atoms with E-state index in [-0.39, 0.29) is 10.5 Å². The third-order valence-corrected chi connectivity index (χ3v) is 7.22. The highest BCUT2D eigenvalue weighted by molar-refractivity contribution is 7.86. The molecule has 0 bridgehead atoms. The van der Waals surface area contributed by atoms with Crippen LogP contribution in [0.15, 0.2) is 64.4 Å². The zero-order chi connectivity index (χ0) is 23.9. The van der Waals surface area contributed by atoms with Crippen LogP contribution in [0, 0.1) is 0 Å². The summed E-state index contributed by atoms with van der Waals surface area (Å²) in [5, 5.41) is 1.32. The van der Waals surface area contributed by atoms with E-state index in [0.29, 0.717) is 33.1 Å². The van der Waals surface area contributed by atoms with Gasteiger partial charge in [0, 0.05) is 46.8 Å². The minimum Gasteiger partial charge on any atom is -0.456 e. The monoisotopic (exact) mass is 485 g/mol. The molecule has 0 amide bonds. The smallest absolute Gasteiger partial charge is 0.295 e. The van der Waals surface area contributed by atoms with Crippen molar-refractivity contribution in [3.63, 3.8) is 0 Å². The Hall–Kier alpha value is -3.14. The molecule has 0 spiro atoms. The van der Waals surface area contributed by atoms with Gasteiger partial charge in [-0.1, -0.05) is 24.8 Å². The predicted molar refractivity (Wildman–Crippen MR) is 128 cm³/mol. The molecule has 0 aromatic heterocycles. The first kappa shape index (κ1) is 23.0. The van der Waals surface area contributed by atoms with Crippen LogP contribution in [-0.2, 0) is 20.8 Å². The Morgan fingerprint density at radius 2 is 1.64 bits per heavy atom. The van der Waals surface area contributed by atoms with Gasteiger partial charge in [0.1, 0.15) is 16.4 Å². The Kier molecular flexibility index (Phi) is 6.04. The molecule has 0 fully saturated rings. The lowest BCUT2D eigenvalue weighted by atomic mass is 9.92. The minimum absolute atomic E-state index is 0.177. The summed E-state index contributed by atoms with van der Waals surface area (Å²) in [5.74, 6) is 1.01. The van der Waals surface area contributed by atoms with Crippen LogP contribution in [-0.4, -0.2) is 34.5 Å². The molecule has 0 atom stereocenters. The summed E-state index contributed by atoms with van der Waals surface area (Å²) in [4.78, 5) is 1.46. The molecule has 9 heteroatoms. The zero-order valence-corrected chi connectivity index (χ0v) is 19.8. The molecular weight excluding hydrogens is 462 g/mol. The number of ether oxygens (including phenoxy) is 1. The minimum atomic E-state index is -4.73. The Bertz CT molecular complexity index is 1550. The maximum atomic E-state index is 12.3. The van der Waals surface area contributed by atoms with Crippen molar-refractivity contribution in [3.8, 4) is 11.5 Å². The quantitative estimate of drug-likeness (QED) is 0.320. The molecule has 3 aromatic rings. The van der Waals surface area contributed by atoms with Crippen LogP contribution in [0.4, 0.5) is 5.69 Å². The molecule has 3 aromatic carbocycles. The molecule has 7 nitrogen and oxygen atoms in total. The van der Waals surface area contributed by atoms with E-state index in [1.165, 1.54) is 12.1 Å². The number of benzene rings is 3. The molecule has 1 heterocycles. The average molecular weight is 486 g/mol. The standard InChI is InChI=1S/C24H23NO6S2/c1-4-25(5-2)16-7-10-19-22(13-16)31-21-12-15(3)6-9-18(21)24(19)20-11-8-17(32(26)27)14-23(20)33(28,29)30/h6-14,32H,3-5H2,1-2H3,(H,28,29,30). The maximum absolute atomic E-state index is 12.3. The molecule has 33 heavy (non-hydrogen) atoms. The molecule has 1 aliphatic heterocycles. The highest BCUT2D eigenvalue weighted by atomic mass is 32.2. The largest absolute Gasteiger partial charge is 0.456 e. The third-order valence-electron chi connectivity index (χ3n) is 5.62. The summed E-state index contributed by atoms with van der Waals surface area (Å²) >= 11 is 0. The summed E-state index contributed by atoms with van der Waals surface area (Å²) < 4.78 is 63.6. The van der Waals surface area contributed by atoms with Gasteiger partial charge < -0.3 is 9.64 Å². The first-order valence-corrected chi connectivity index (χ1v) is 12.9. The van der Waals surface area contributed by atoms with Gasteiger partial charge in [0.25, 0.3) is 10.1 Å². The van der Waals surface area contributed by atoms with Crippen molar-refractivity contribution in [2.75, 3.05) is 18.0 Å². The Labute approximate surface area is 194 Å².